The third-order valence-electron chi connectivity index (χ3n) is 3.23. The van der Waals surface area contributed by atoms with Crippen LogP contribution in [-0.2, 0) is 6.54 Å². The van der Waals surface area contributed by atoms with Crippen LogP contribution in [0.4, 0.5) is 5.69 Å². The minimum Gasteiger partial charge on any atom is -0.378 e. The van der Waals surface area contributed by atoms with Crippen LogP contribution in [0.1, 0.15) is 36.8 Å². The van der Waals surface area contributed by atoms with Gasteiger partial charge in [-0.3, -0.25) is 4.68 Å². The summed E-state index contributed by atoms with van der Waals surface area (Å²) in [5.41, 5.74) is 4.40. The van der Waals surface area contributed by atoms with E-state index in [1.165, 1.54) is 5.69 Å². The van der Waals surface area contributed by atoms with Gasteiger partial charge in [0.25, 0.3) is 0 Å². The molecule has 0 unspecified atom stereocenters. The molecule has 1 aromatic carbocycles. The molecule has 0 aliphatic carbocycles. The van der Waals surface area contributed by atoms with Crippen LogP contribution in [0.25, 0.3) is 0 Å². The van der Waals surface area contributed by atoms with Crippen molar-refractivity contribution in [2.24, 2.45) is 0 Å². The molecular formula is C15H20ClN3. The van der Waals surface area contributed by atoms with Crippen molar-refractivity contribution in [2.45, 2.75) is 40.3 Å². The number of benzene rings is 1. The number of nitrogens with one attached hydrogen (secondary N) is 1. The molecule has 2 rings (SSSR count). The Morgan fingerprint density at radius 1 is 1.26 bits per heavy atom. The topological polar surface area (TPSA) is 29.9 Å². The summed E-state index contributed by atoms with van der Waals surface area (Å²) < 4.78 is 2.05. The van der Waals surface area contributed by atoms with E-state index in [1.54, 1.807) is 0 Å². The number of anilines is 1. The van der Waals surface area contributed by atoms with Crippen molar-refractivity contribution < 1.29 is 0 Å². The zero-order chi connectivity index (χ0) is 14.0. The van der Waals surface area contributed by atoms with Crippen LogP contribution in [0, 0.1) is 13.8 Å². The second-order valence-corrected chi connectivity index (χ2v) is 5.44. The van der Waals surface area contributed by atoms with Gasteiger partial charge in [0.1, 0.15) is 0 Å². The number of hydrogen-bond acceptors (Lipinski definition) is 2. The number of halogens is 1. The summed E-state index contributed by atoms with van der Waals surface area (Å²) in [6.07, 6.45) is 0. The van der Waals surface area contributed by atoms with E-state index in [2.05, 4.69) is 31.2 Å². The van der Waals surface area contributed by atoms with Gasteiger partial charge in [0.15, 0.2) is 0 Å². The number of aryl methyl sites for hydroxylation is 1. The summed E-state index contributed by atoms with van der Waals surface area (Å²) in [5.74, 6) is 0. The molecule has 1 N–H and O–H groups in total. The molecule has 0 fully saturated rings. The average molecular weight is 278 g/mol. The minimum atomic E-state index is 0.370. The Balaban J connectivity index is 2.19. The standard InChI is InChI=1S/C15H20ClN3/c1-10(2)19-12(4)15(11(3)18-19)17-9-13-7-5-6-8-14(13)16/h5-8,10,17H,9H2,1-4H3. The van der Waals surface area contributed by atoms with Crippen molar-refractivity contribution in [1.29, 1.82) is 0 Å². The van der Waals surface area contributed by atoms with E-state index in [4.69, 9.17) is 11.6 Å². The van der Waals surface area contributed by atoms with E-state index in [0.717, 1.165) is 22.0 Å². The van der Waals surface area contributed by atoms with Crippen LogP contribution in [0.2, 0.25) is 5.02 Å². The number of rotatable bonds is 4. The Morgan fingerprint density at radius 3 is 2.53 bits per heavy atom. The Morgan fingerprint density at radius 2 is 1.95 bits per heavy atom. The Labute approximate surface area is 119 Å². The van der Waals surface area contributed by atoms with E-state index in [0.29, 0.717) is 12.6 Å². The van der Waals surface area contributed by atoms with Crippen molar-refractivity contribution in [2.75, 3.05) is 5.32 Å². The van der Waals surface area contributed by atoms with Crippen LogP contribution < -0.4 is 5.32 Å². The van der Waals surface area contributed by atoms with Gasteiger partial charge in [-0.05, 0) is 39.3 Å². The zero-order valence-corrected chi connectivity index (χ0v) is 12.6. The van der Waals surface area contributed by atoms with Gasteiger partial charge in [0.05, 0.1) is 17.1 Å². The summed E-state index contributed by atoms with van der Waals surface area (Å²) in [5, 5.41) is 8.80. The molecule has 1 aromatic heterocycles. The Hall–Kier alpha value is -1.48. The minimum absolute atomic E-state index is 0.370. The van der Waals surface area contributed by atoms with E-state index < -0.39 is 0 Å². The predicted molar refractivity (Wildman–Crippen MR) is 80.9 cm³/mol. The second-order valence-electron chi connectivity index (χ2n) is 5.03. The third-order valence-corrected chi connectivity index (χ3v) is 3.60. The van der Waals surface area contributed by atoms with Crippen LogP contribution in [0.3, 0.4) is 0 Å². The molecule has 0 aliphatic rings. The van der Waals surface area contributed by atoms with Gasteiger partial charge in [-0.15, -0.1) is 0 Å². The first kappa shape index (κ1) is 13.9. The summed E-state index contributed by atoms with van der Waals surface area (Å²) in [4.78, 5) is 0. The van der Waals surface area contributed by atoms with E-state index >= 15 is 0 Å². The summed E-state index contributed by atoms with van der Waals surface area (Å²) in [6, 6.07) is 8.26. The first-order chi connectivity index (χ1) is 9.00. The van der Waals surface area contributed by atoms with Crippen molar-refractivity contribution in [1.82, 2.24) is 9.78 Å². The van der Waals surface area contributed by atoms with Gasteiger partial charge in [-0.1, -0.05) is 29.8 Å². The molecule has 0 saturated carbocycles. The number of hydrogen-bond donors (Lipinski definition) is 1. The molecule has 19 heavy (non-hydrogen) atoms. The third kappa shape index (κ3) is 2.92. The predicted octanol–water partition coefficient (Wildman–Crippen LogP) is 4.35. The normalized spacial score (nSPS) is 11.1. The molecule has 2 aromatic rings. The van der Waals surface area contributed by atoms with Crippen LogP contribution >= 0.6 is 11.6 Å². The molecule has 3 nitrogen and oxygen atoms in total. The first-order valence-electron chi connectivity index (χ1n) is 6.53. The first-order valence-corrected chi connectivity index (χ1v) is 6.91. The Bertz CT molecular complexity index is 573. The molecular weight excluding hydrogens is 258 g/mol. The van der Waals surface area contributed by atoms with Gasteiger partial charge in [0, 0.05) is 17.6 Å². The molecule has 0 aliphatic heterocycles. The lowest BCUT2D eigenvalue weighted by Gasteiger charge is -2.10. The van der Waals surface area contributed by atoms with Crippen molar-refractivity contribution in [3.05, 3.63) is 46.2 Å². The molecule has 0 radical (unpaired) electrons. The monoisotopic (exact) mass is 277 g/mol. The maximum atomic E-state index is 6.16. The molecule has 0 bridgehead atoms. The van der Waals surface area contributed by atoms with Crippen LogP contribution in [-0.4, -0.2) is 9.78 Å². The highest BCUT2D eigenvalue weighted by molar-refractivity contribution is 6.31. The fourth-order valence-electron chi connectivity index (χ4n) is 2.25. The fourth-order valence-corrected chi connectivity index (χ4v) is 2.45. The van der Waals surface area contributed by atoms with Crippen LogP contribution in [0.5, 0.6) is 0 Å². The average Bonchev–Trinajstić information content (AvgIpc) is 2.65. The Kier molecular flexibility index (Phi) is 4.15. The maximum Gasteiger partial charge on any atom is 0.0828 e. The summed E-state index contributed by atoms with van der Waals surface area (Å²) >= 11 is 6.16. The second kappa shape index (κ2) is 5.66. The van der Waals surface area contributed by atoms with E-state index in [-0.39, 0.29) is 0 Å². The summed E-state index contributed by atoms with van der Waals surface area (Å²) in [7, 11) is 0. The fraction of sp³-hybridized carbons (Fsp3) is 0.400. The lowest BCUT2D eigenvalue weighted by Crippen LogP contribution is -2.06. The largest absolute Gasteiger partial charge is 0.378 e. The zero-order valence-electron chi connectivity index (χ0n) is 11.9. The highest BCUT2D eigenvalue weighted by Gasteiger charge is 2.13. The molecule has 0 atom stereocenters. The van der Waals surface area contributed by atoms with Gasteiger partial charge in [-0.25, -0.2) is 0 Å². The highest BCUT2D eigenvalue weighted by atomic mass is 35.5. The molecule has 0 saturated heterocycles. The van der Waals surface area contributed by atoms with Crippen molar-refractivity contribution in [3.63, 3.8) is 0 Å². The SMILES string of the molecule is Cc1nn(C(C)C)c(C)c1NCc1ccccc1Cl. The lowest BCUT2D eigenvalue weighted by molar-refractivity contribution is 0.516. The molecule has 102 valence electrons. The lowest BCUT2D eigenvalue weighted by atomic mass is 10.2. The quantitative estimate of drug-likeness (QED) is 0.901. The molecule has 0 amide bonds. The molecule has 4 heteroatoms. The molecule has 0 spiro atoms. The number of nitrogens with zero attached hydrogens (tertiary/aromatic N) is 2. The number of aromatic nitrogens is 2. The smallest absolute Gasteiger partial charge is 0.0828 e. The van der Waals surface area contributed by atoms with Crippen molar-refractivity contribution in [3.8, 4) is 0 Å². The van der Waals surface area contributed by atoms with Crippen LogP contribution in [0.15, 0.2) is 24.3 Å². The summed E-state index contributed by atoms with van der Waals surface area (Å²) in [6.45, 7) is 9.11. The maximum absolute atomic E-state index is 6.16. The van der Waals surface area contributed by atoms with Gasteiger partial charge in [0.2, 0.25) is 0 Å². The van der Waals surface area contributed by atoms with Crippen molar-refractivity contribution >= 4 is 17.3 Å². The van der Waals surface area contributed by atoms with E-state index in [1.807, 2.05) is 35.9 Å². The van der Waals surface area contributed by atoms with E-state index in [9.17, 15) is 0 Å². The van der Waals surface area contributed by atoms with Gasteiger partial charge >= 0.3 is 0 Å². The molecule has 1 heterocycles. The van der Waals surface area contributed by atoms with Gasteiger partial charge in [-0.2, -0.15) is 5.10 Å². The highest BCUT2D eigenvalue weighted by Crippen LogP contribution is 2.24. The van der Waals surface area contributed by atoms with Gasteiger partial charge < -0.3 is 5.32 Å².